The van der Waals surface area contributed by atoms with Crippen LogP contribution in [0.15, 0.2) is 85.1 Å². The summed E-state index contributed by atoms with van der Waals surface area (Å²) in [5.74, 6) is 0.638. The molecule has 1 aliphatic heterocycles. The first-order chi connectivity index (χ1) is 16.0. The van der Waals surface area contributed by atoms with Crippen LogP contribution in [0.3, 0.4) is 0 Å². The number of ether oxygens (including phenoxy) is 1. The van der Waals surface area contributed by atoms with Crippen LogP contribution >= 0.6 is 0 Å². The van der Waals surface area contributed by atoms with Gasteiger partial charge >= 0.3 is 6.03 Å². The number of aromatic nitrogens is 1. The molecular weight excluding hydrogens is 410 g/mol. The highest BCUT2D eigenvalue weighted by Gasteiger charge is 2.33. The van der Waals surface area contributed by atoms with Crippen molar-refractivity contribution in [2.45, 2.75) is 26.4 Å². The Balaban J connectivity index is 1.63. The Morgan fingerprint density at radius 3 is 2.48 bits per heavy atom. The van der Waals surface area contributed by atoms with E-state index >= 15 is 0 Å². The van der Waals surface area contributed by atoms with Gasteiger partial charge in [-0.25, -0.2) is 4.79 Å². The molecule has 166 valence electrons. The van der Waals surface area contributed by atoms with E-state index in [0.29, 0.717) is 18.0 Å². The van der Waals surface area contributed by atoms with Crippen molar-refractivity contribution in [3.63, 3.8) is 0 Å². The molecule has 0 bridgehead atoms. The predicted molar refractivity (Wildman–Crippen MR) is 131 cm³/mol. The average molecular weight is 438 g/mol. The summed E-state index contributed by atoms with van der Waals surface area (Å²) >= 11 is 0. The van der Waals surface area contributed by atoms with Crippen LogP contribution < -0.4 is 10.1 Å². The SMILES string of the molecule is COc1ccc(C)cc1NC(=O)N1Cc2ccccc2-n2cccc2C1c1ccc(C)cc1. The Labute approximate surface area is 194 Å². The second-order valence-electron chi connectivity index (χ2n) is 8.51. The first-order valence-electron chi connectivity index (χ1n) is 11.1. The minimum atomic E-state index is -0.246. The normalized spacial score (nSPS) is 14.8. The molecule has 4 aromatic rings. The maximum absolute atomic E-state index is 13.8. The van der Waals surface area contributed by atoms with Crippen LogP contribution in [0.25, 0.3) is 5.69 Å². The third-order valence-electron chi connectivity index (χ3n) is 6.21. The molecule has 33 heavy (non-hydrogen) atoms. The van der Waals surface area contributed by atoms with E-state index in [4.69, 9.17) is 4.74 Å². The smallest absolute Gasteiger partial charge is 0.323 e. The number of rotatable bonds is 3. The highest BCUT2D eigenvalue weighted by Crippen LogP contribution is 2.37. The Bertz CT molecular complexity index is 1310. The number of methoxy groups -OCH3 is 1. The van der Waals surface area contributed by atoms with Crippen LogP contribution in [0.5, 0.6) is 5.75 Å². The van der Waals surface area contributed by atoms with Gasteiger partial charge in [0.15, 0.2) is 0 Å². The van der Waals surface area contributed by atoms with Crippen molar-refractivity contribution in [2.24, 2.45) is 0 Å². The van der Waals surface area contributed by atoms with Gasteiger partial charge in [-0.3, -0.25) is 0 Å². The zero-order chi connectivity index (χ0) is 22.9. The van der Waals surface area contributed by atoms with Crippen LogP contribution in [0.4, 0.5) is 10.5 Å². The summed E-state index contributed by atoms with van der Waals surface area (Å²) in [6, 6.07) is 26.2. The lowest BCUT2D eigenvalue weighted by molar-refractivity contribution is 0.194. The second kappa shape index (κ2) is 8.51. The van der Waals surface area contributed by atoms with Gasteiger partial charge in [0.2, 0.25) is 0 Å². The van der Waals surface area contributed by atoms with E-state index in [1.54, 1.807) is 7.11 Å². The van der Waals surface area contributed by atoms with Crippen LogP contribution in [-0.4, -0.2) is 22.6 Å². The van der Waals surface area contributed by atoms with Gasteiger partial charge in [-0.1, -0.05) is 54.1 Å². The minimum absolute atomic E-state index is 0.172. The van der Waals surface area contributed by atoms with Crippen molar-refractivity contribution < 1.29 is 9.53 Å². The number of para-hydroxylation sites is 1. The number of hydrogen-bond donors (Lipinski definition) is 1. The topological polar surface area (TPSA) is 46.5 Å². The molecule has 1 N–H and O–H groups in total. The van der Waals surface area contributed by atoms with Crippen molar-refractivity contribution in [1.82, 2.24) is 9.47 Å². The van der Waals surface area contributed by atoms with Crippen molar-refractivity contribution >= 4 is 11.7 Å². The fraction of sp³-hybridized carbons (Fsp3) is 0.179. The van der Waals surface area contributed by atoms with E-state index in [9.17, 15) is 4.79 Å². The number of benzene rings is 3. The first-order valence-corrected chi connectivity index (χ1v) is 11.1. The van der Waals surface area contributed by atoms with Gasteiger partial charge in [-0.2, -0.15) is 0 Å². The second-order valence-corrected chi connectivity index (χ2v) is 8.51. The minimum Gasteiger partial charge on any atom is -0.495 e. The number of carbonyl (C=O) groups excluding carboxylic acids is 1. The molecule has 1 unspecified atom stereocenters. The van der Waals surface area contributed by atoms with Crippen molar-refractivity contribution in [1.29, 1.82) is 0 Å². The molecule has 1 aliphatic rings. The Morgan fingerprint density at radius 1 is 0.939 bits per heavy atom. The van der Waals surface area contributed by atoms with E-state index in [1.165, 1.54) is 5.56 Å². The molecular formula is C28H27N3O2. The van der Waals surface area contributed by atoms with Crippen LogP contribution in [0.2, 0.25) is 0 Å². The summed E-state index contributed by atoms with van der Waals surface area (Å²) in [6.45, 7) is 4.56. The van der Waals surface area contributed by atoms with Crippen LogP contribution in [-0.2, 0) is 6.54 Å². The maximum Gasteiger partial charge on any atom is 0.323 e. The fourth-order valence-electron chi connectivity index (χ4n) is 4.55. The maximum atomic E-state index is 13.8. The number of anilines is 1. The third-order valence-corrected chi connectivity index (χ3v) is 6.21. The Hall–Kier alpha value is -3.99. The molecule has 3 aromatic carbocycles. The summed E-state index contributed by atoms with van der Waals surface area (Å²) in [7, 11) is 1.62. The van der Waals surface area contributed by atoms with E-state index in [1.807, 2.05) is 48.2 Å². The summed E-state index contributed by atoms with van der Waals surface area (Å²) in [4.78, 5) is 15.7. The monoisotopic (exact) mass is 437 g/mol. The first kappa shape index (κ1) is 20.9. The molecule has 5 rings (SSSR count). The Morgan fingerprint density at radius 2 is 1.70 bits per heavy atom. The molecule has 0 aliphatic carbocycles. The number of aryl methyl sites for hydroxylation is 2. The van der Waals surface area contributed by atoms with Gasteiger partial charge in [-0.15, -0.1) is 0 Å². The van der Waals surface area contributed by atoms with Gasteiger partial charge in [0, 0.05) is 11.9 Å². The number of nitrogens with zero attached hydrogens (tertiary/aromatic N) is 2. The molecule has 0 fully saturated rings. The van der Waals surface area contributed by atoms with Gasteiger partial charge in [0.1, 0.15) is 5.75 Å². The fourth-order valence-corrected chi connectivity index (χ4v) is 4.55. The average Bonchev–Trinajstić information content (AvgIpc) is 3.24. The third kappa shape index (κ3) is 3.87. The predicted octanol–water partition coefficient (Wildman–Crippen LogP) is 6.24. The highest BCUT2D eigenvalue weighted by molar-refractivity contribution is 5.92. The molecule has 1 aromatic heterocycles. The number of amides is 2. The number of fused-ring (bicyclic) bond motifs is 3. The van der Waals surface area contributed by atoms with Gasteiger partial charge in [0.25, 0.3) is 0 Å². The molecule has 0 saturated heterocycles. The zero-order valence-electron chi connectivity index (χ0n) is 19.1. The number of carbonyl (C=O) groups is 1. The molecule has 5 nitrogen and oxygen atoms in total. The molecule has 2 amide bonds. The number of nitrogens with one attached hydrogen (secondary N) is 1. The molecule has 0 spiro atoms. The van der Waals surface area contributed by atoms with Gasteiger partial charge < -0.3 is 19.5 Å². The summed E-state index contributed by atoms with van der Waals surface area (Å²) in [5, 5.41) is 3.12. The van der Waals surface area contributed by atoms with Crippen LogP contribution in [0, 0.1) is 13.8 Å². The Kier molecular flexibility index (Phi) is 5.38. The van der Waals surface area contributed by atoms with Gasteiger partial charge in [-0.05, 0) is 60.9 Å². The van der Waals surface area contributed by atoms with E-state index in [-0.39, 0.29) is 12.1 Å². The van der Waals surface area contributed by atoms with Crippen molar-refractivity contribution in [3.05, 3.63) is 113 Å². The summed E-state index contributed by atoms with van der Waals surface area (Å²) < 4.78 is 7.70. The van der Waals surface area contributed by atoms with E-state index in [2.05, 4.69) is 65.5 Å². The summed E-state index contributed by atoms with van der Waals surface area (Å²) in [6.07, 6.45) is 2.07. The highest BCUT2D eigenvalue weighted by atomic mass is 16.5. The quantitative estimate of drug-likeness (QED) is 0.412. The lowest BCUT2D eigenvalue weighted by atomic mass is 10.0. The van der Waals surface area contributed by atoms with E-state index in [0.717, 1.165) is 28.1 Å². The molecule has 0 saturated carbocycles. The lowest BCUT2D eigenvalue weighted by Crippen LogP contribution is -2.38. The number of hydrogen-bond acceptors (Lipinski definition) is 2. The van der Waals surface area contributed by atoms with E-state index < -0.39 is 0 Å². The molecule has 1 atom stereocenters. The van der Waals surface area contributed by atoms with Crippen molar-refractivity contribution in [3.8, 4) is 11.4 Å². The largest absolute Gasteiger partial charge is 0.495 e. The van der Waals surface area contributed by atoms with Gasteiger partial charge in [0.05, 0.1) is 31.1 Å². The summed E-state index contributed by atoms with van der Waals surface area (Å²) in [5.41, 5.74) is 7.21. The molecule has 5 heteroatoms. The van der Waals surface area contributed by atoms with Crippen LogP contribution in [0.1, 0.15) is 34.0 Å². The van der Waals surface area contributed by atoms with Crippen molar-refractivity contribution in [2.75, 3.05) is 12.4 Å². The lowest BCUT2D eigenvalue weighted by Gasteiger charge is -2.31. The number of urea groups is 1. The standard InChI is InChI=1S/C28H27N3O2/c1-19-10-13-21(14-11-19)27-25-9-6-16-30(25)24-8-5-4-7-22(24)18-31(27)28(32)29-23-17-20(2)12-15-26(23)33-3/h4-17,27H,18H2,1-3H3,(H,29,32). The molecule has 2 heterocycles. The molecule has 0 radical (unpaired) electrons. The zero-order valence-corrected chi connectivity index (χ0v) is 19.1.